The van der Waals surface area contributed by atoms with Crippen LogP contribution in [0.15, 0.2) is 48.8 Å². The van der Waals surface area contributed by atoms with Crippen molar-refractivity contribution < 1.29 is 29.4 Å². The number of carboxylic acid groups (broad SMARTS) is 2. The molecule has 2 atom stereocenters. The zero-order chi connectivity index (χ0) is 35.1. The lowest BCUT2D eigenvalue weighted by Gasteiger charge is -2.17. The van der Waals surface area contributed by atoms with Crippen molar-refractivity contribution in [1.82, 2.24) is 20.6 Å². The van der Waals surface area contributed by atoms with Gasteiger partial charge in [0.2, 0.25) is 0 Å². The monoisotopic (exact) mass is 732 g/mol. The average Bonchev–Trinajstić information content (AvgIpc) is 3.69. The van der Waals surface area contributed by atoms with Crippen molar-refractivity contribution in [3.8, 4) is 11.1 Å². The number of halogens is 2. The van der Waals surface area contributed by atoms with Gasteiger partial charge in [0.1, 0.15) is 12.1 Å². The van der Waals surface area contributed by atoms with Gasteiger partial charge in [-0.25, -0.2) is 9.97 Å². The van der Waals surface area contributed by atoms with E-state index < -0.39 is 35.8 Å². The van der Waals surface area contributed by atoms with Crippen LogP contribution in [0, 0.1) is 11.8 Å². The lowest BCUT2D eigenvalue weighted by Crippen LogP contribution is -2.40. The first-order valence-electron chi connectivity index (χ1n) is 14.8. The van der Waals surface area contributed by atoms with E-state index in [0.717, 1.165) is 22.7 Å². The molecule has 0 spiro atoms. The number of rotatable bonds is 15. The lowest BCUT2D eigenvalue weighted by atomic mass is 10.0. The number of carbonyl (C=O) groups is 4. The second-order valence-electron chi connectivity index (χ2n) is 11.4. The van der Waals surface area contributed by atoms with Gasteiger partial charge in [0.15, 0.2) is 10.0 Å². The number of nitrogens with zero attached hydrogens (tertiary/aromatic N) is 2. The molecule has 4 rings (SSSR count). The number of carbonyl (C=O) groups excluding carboxylic acids is 2. The van der Waals surface area contributed by atoms with Gasteiger partial charge in [0.25, 0.3) is 11.8 Å². The molecule has 0 aliphatic rings. The van der Waals surface area contributed by atoms with Gasteiger partial charge in [-0.15, -0.1) is 22.7 Å². The van der Waals surface area contributed by atoms with Gasteiger partial charge in [-0.05, 0) is 24.0 Å². The molecule has 48 heavy (non-hydrogen) atoms. The summed E-state index contributed by atoms with van der Waals surface area (Å²) in [7, 11) is 0. The molecule has 4 aromatic rings. The highest BCUT2D eigenvalue weighted by Crippen LogP contribution is 2.40. The summed E-state index contributed by atoms with van der Waals surface area (Å²) in [6.07, 6.45) is 3.04. The van der Waals surface area contributed by atoms with Gasteiger partial charge < -0.3 is 20.8 Å². The van der Waals surface area contributed by atoms with Crippen LogP contribution in [0.25, 0.3) is 11.1 Å². The SMILES string of the molecule is CC(C)C(NCc1cnc(C(=O)Nc2cccc(-c3cccc(NC(=O)c4ncc(CN[C@H](C(=O)O)C(C)C)s4)c3Cl)c2Cl)s1)C(=O)O. The van der Waals surface area contributed by atoms with E-state index in [0.29, 0.717) is 32.3 Å². The van der Waals surface area contributed by atoms with Gasteiger partial charge in [-0.3, -0.25) is 29.8 Å². The highest BCUT2D eigenvalue weighted by atomic mass is 35.5. The fraction of sp³-hybridized carbons (Fsp3) is 0.312. The molecular weight excluding hydrogens is 699 g/mol. The van der Waals surface area contributed by atoms with Crippen LogP contribution in [0.3, 0.4) is 0 Å². The summed E-state index contributed by atoms with van der Waals surface area (Å²) >= 11 is 15.8. The zero-order valence-corrected chi connectivity index (χ0v) is 29.5. The summed E-state index contributed by atoms with van der Waals surface area (Å²) in [5.41, 5.74) is 1.65. The van der Waals surface area contributed by atoms with Crippen LogP contribution in [0.1, 0.15) is 57.1 Å². The third-order valence-electron chi connectivity index (χ3n) is 7.14. The Morgan fingerprint density at radius 2 is 1.06 bits per heavy atom. The second-order valence-corrected chi connectivity index (χ2v) is 14.4. The number of amides is 2. The van der Waals surface area contributed by atoms with E-state index in [1.165, 1.54) is 12.4 Å². The Hall–Kier alpha value is -3.92. The molecule has 0 aliphatic carbocycles. The number of benzene rings is 2. The molecule has 6 N–H and O–H groups in total. The standard InChI is InChI=1S/C32H34Cl2N6O6S2/c1-15(2)25(31(43)44)35-11-17-13-37-29(47-17)27(41)39-21-9-5-7-19(23(21)33)20-8-6-10-22(24(20)34)40-28(42)30-38-14-18(48-30)12-36-26(16(3)4)32(45)46/h5-10,13-16,25-26,35-36H,11-12H2,1-4H3,(H,39,41)(H,40,42)(H,43,44)(H,45,46)/t25-,26?/m0/s1. The van der Waals surface area contributed by atoms with Crippen LogP contribution in [-0.2, 0) is 22.7 Å². The molecule has 2 aromatic heterocycles. The molecule has 0 fully saturated rings. The number of nitrogens with one attached hydrogen (secondary N) is 4. The number of anilines is 2. The van der Waals surface area contributed by atoms with Crippen LogP contribution in [-0.4, -0.2) is 56.0 Å². The molecule has 2 amide bonds. The van der Waals surface area contributed by atoms with E-state index in [4.69, 9.17) is 23.2 Å². The number of aromatic nitrogens is 2. The molecular formula is C32H34Cl2N6O6S2. The summed E-state index contributed by atoms with van der Waals surface area (Å²) in [6.45, 7) is 7.72. The van der Waals surface area contributed by atoms with Crippen LogP contribution >= 0.6 is 45.9 Å². The van der Waals surface area contributed by atoms with Crippen LogP contribution in [0.4, 0.5) is 11.4 Å². The highest BCUT2D eigenvalue weighted by Gasteiger charge is 2.23. The van der Waals surface area contributed by atoms with Crippen LogP contribution in [0.2, 0.25) is 10.0 Å². The number of carboxylic acids is 2. The fourth-order valence-electron chi connectivity index (χ4n) is 4.65. The third-order valence-corrected chi connectivity index (χ3v) is 9.94. The predicted molar refractivity (Wildman–Crippen MR) is 188 cm³/mol. The van der Waals surface area contributed by atoms with Crippen molar-refractivity contribution >= 4 is 81.0 Å². The molecule has 2 aromatic carbocycles. The first-order chi connectivity index (χ1) is 22.8. The minimum Gasteiger partial charge on any atom is -0.480 e. The molecule has 0 saturated carbocycles. The van der Waals surface area contributed by atoms with Crippen molar-refractivity contribution in [1.29, 1.82) is 0 Å². The molecule has 2 heterocycles. The van der Waals surface area contributed by atoms with Crippen molar-refractivity contribution in [3.05, 3.63) is 78.6 Å². The Kier molecular flexibility index (Phi) is 12.7. The first kappa shape index (κ1) is 36.9. The maximum Gasteiger partial charge on any atom is 0.320 e. The zero-order valence-electron chi connectivity index (χ0n) is 26.3. The third kappa shape index (κ3) is 9.15. The van der Waals surface area contributed by atoms with Crippen molar-refractivity contribution in [2.45, 2.75) is 52.9 Å². The van der Waals surface area contributed by atoms with E-state index in [9.17, 15) is 29.4 Å². The van der Waals surface area contributed by atoms with E-state index in [2.05, 4.69) is 31.2 Å². The summed E-state index contributed by atoms with van der Waals surface area (Å²) in [4.78, 5) is 58.8. The maximum atomic E-state index is 13.0. The van der Waals surface area contributed by atoms with E-state index in [1.54, 1.807) is 36.4 Å². The molecule has 0 aliphatic heterocycles. The Morgan fingerprint density at radius 1 is 0.688 bits per heavy atom. The number of hydrogen-bond acceptors (Lipinski definition) is 10. The summed E-state index contributed by atoms with van der Waals surface area (Å²) in [6, 6.07) is 8.66. The number of hydrogen-bond donors (Lipinski definition) is 6. The van der Waals surface area contributed by atoms with Crippen molar-refractivity contribution in [2.24, 2.45) is 11.8 Å². The average molecular weight is 734 g/mol. The van der Waals surface area contributed by atoms with Gasteiger partial charge in [-0.1, -0.05) is 75.2 Å². The molecule has 254 valence electrons. The quantitative estimate of drug-likeness (QED) is 0.0792. The Bertz CT molecular complexity index is 1680. The predicted octanol–water partition coefficient (Wildman–Crippen LogP) is 6.48. The minimum atomic E-state index is -0.951. The molecule has 12 nitrogen and oxygen atoms in total. The largest absolute Gasteiger partial charge is 0.480 e. The smallest absolute Gasteiger partial charge is 0.320 e. The van der Waals surface area contributed by atoms with Gasteiger partial charge in [0, 0.05) is 46.4 Å². The topological polar surface area (TPSA) is 183 Å². The Morgan fingerprint density at radius 3 is 1.40 bits per heavy atom. The summed E-state index contributed by atoms with van der Waals surface area (Å²) in [5, 5.41) is 31.1. The second kappa shape index (κ2) is 16.5. The summed E-state index contributed by atoms with van der Waals surface area (Å²) in [5.74, 6) is -3.13. The number of thiazole rings is 2. The molecule has 16 heteroatoms. The van der Waals surface area contributed by atoms with E-state index >= 15 is 0 Å². The van der Waals surface area contributed by atoms with Crippen molar-refractivity contribution in [2.75, 3.05) is 10.6 Å². The normalized spacial score (nSPS) is 12.6. The first-order valence-corrected chi connectivity index (χ1v) is 17.2. The Labute approximate surface area is 294 Å². The lowest BCUT2D eigenvalue weighted by molar-refractivity contribution is -0.141. The van der Waals surface area contributed by atoms with E-state index in [-0.39, 0.29) is 45.0 Å². The maximum absolute atomic E-state index is 13.0. The fourth-order valence-corrected chi connectivity index (χ4v) is 6.72. The highest BCUT2D eigenvalue weighted by molar-refractivity contribution is 7.14. The van der Waals surface area contributed by atoms with Crippen molar-refractivity contribution in [3.63, 3.8) is 0 Å². The number of aliphatic carboxylic acids is 2. The van der Waals surface area contributed by atoms with E-state index in [1.807, 2.05) is 27.7 Å². The van der Waals surface area contributed by atoms with Gasteiger partial charge >= 0.3 is 11.9 Å². The molecule has 0 saturated heterocycles. The summed E-state index contributed by atoms with van der Waals surface area (Å²) < 4.78 is 0. The Balaban J connectivity index is 1.44. The molecule has 1 unspecified atom stereocenters. The van der Waals surface area contributed by atoms with Gasteiger partial charge in [0.05, 0.1) is 21.4 Å². The van der Waals surface area contributed by atoms with Gasteiger partial charge in [-0.2, -0.15) is 0 Å². The van der Waals surface area contributed by atoms with Crippen LogP contribution in [0.5, 0.6) is 0 Å². The molecule has 0 radical (unpaired) electrons. The molecule has 0 bridgehead atoms. The van der Waals surface area contributed by atoms with Crippen LogP contribution < -0.4 is 21.3 Å². The minimum absolute atomic E-state index is 0.122.